The van der Waals surface area contributed by atoms with E-state index in [9.17, 15) is 9.59 Å². The highest BCUT2D eigenvalue weighted by Crippen LogP contribution is 2.37. The molecule has 140 valence electrons. The fourth-order valence-corrected chi connectivity index (χ4v) is 3.98. The number of amides is 3. The van der Waals surface area contributed by atoms with E-state index in [0.29, 0.717) is 5.96 Å². The zero-order valence-corrected chi connectivity index (χ0v) is 15.8. The molecule has 0 saturated carbocycles. The number of hydrogen-bond acceptors (Lipinski definition) is 5. The second-order valence-electron chi connectivity index (χ2n) is 6.91. The van der Waals surface area contributed by atoms with Crippen LogP contribution in [0.5, 0.6) is 0 Å². The summed E-state index contributed by atoms with van der Waals surface area (Å²) in [6.07, 6.45) is 3.88. The summed E-state index contributed by atoms with van der Waals surface area (Å²) in [6, 6.07) is 7.30. The van der Waals surface area contributed by atoms with Crippen molar-refractivity contribution >= 4 is 23.6 Å². The van der Waals surface area contributed by atoms with Crippen LogP contribution in [-0.4, -0.2) is 58.4 Å². The van der Waals surface area contributed by atoms with Gasteiger partial charge in [-0.15, -0.1) is 6.58 Å². The molecule has 0 aliphatic carbocycles. The van der Waals surface area contributed by atoms with Crippen LogP contribution in [0.3, 0.4) is 0 Å². The maximum Gasteiger partial charge on any atom is 0.328 e. The summed E-state index contributed by atoms with van der Waals surface area (Å²) in [5.74, 6) is 0.452. The van der Waals surface area contributed by atoms with E-state index in [1.807, 2.05) is 30.2 Å². The van der Waals surface area contributed by atoms with Crippen LogP contribution in [-0.2, 0) is 11.2 Å². The molecule has 0 aromatic heterocycles. The van der Waals surface area contributed by atoms with Crippen molar-refractivity contribution < 1.29 is 9.59 Å². The molecule has 0 radical (unpaired) electrons. The van der Waals surface area contributed by atoms with Crippen molar-refractivity contribution in [1.29, 1.82) is 0 Å². The highest BCUT2D eigenvalue weighted by atomic mass is 16.2. The van der Waals surface area contributed by atoms with Crippen molar-refractivity contribution in [3.63, 3.8) is 0 Å². The van der Waals surface area contributed by atoms with E-state index in [0.717, 1.165) is 17.8 Å². The van der Waals surface area contributed by atoms with Crippen LogP contribution in [0.15, 0.2) is 53.8 Å². The summed E-state index contributed by atoms with van der Waals surface area (Å²) in [5.41, 5.74) is 3.25. The lowest BCUT2D eigenvalue weighted by molar-refractivity contribution is -0.136. The topological polar surface area (TPSA) is 59.5 Å². The fourth-order valence-electron chi connectivity index (χ4n) is 3.98. The van der Waals surface area contributed by atoms with Gasteiger partial charge in [-0.1, -0.05) is 31.2 Å². The molecule has 4 rings (SSSR count). The highest BCUT2D eigenvalue weighted by molar-refractivity contribution is 6.10. The molecule has 0 bridgehead atoms. The number of hydrogen-bond donors (Lipinski definition) is 0. The van der Waals surface area contributed by atoms with Gasteiger partial charge in [0.2, 0.25) is 5.96 Å². The van der Waals surface area contributed by atoms with Crippen molar-refractivity contribution in [3.8, 4) is 0 Å². The molecule has 2 unspecified atom stereocenters. The van der Waals surface area contributed by atoms with Gasteiger partial charge in [-0.3, -0.25) is 14.6 Å². The normalized spacial score (nSPS) is 24.1. The maximum absolute atomic E-state index is 13.0. The fraction of sp³-hybridized carbons (Fsp3) is 0.350. The van der Waals surface area contributed by atoms with E-state index in [1.54, 1.807) is 13.1 Å². The van der Waals surface area contributed by atoms with Gasteiger partial charge in [-0.2, -0.15) is 0 Å². The zero-order valence-electron chi connectivity index (χ0n) is 15.8. The molecule has 1 saturated heterocycles. The number of anilines is 1. The number of guanidine groups is 1. The van der Waals surface area contributed by atoms with Gasteiger partial charge < -0.3 is 9.80 Å². The number of urea groups is 1. The van der Waals surface area contributed by atoms with E-state index < -0.39 is 12.2 Å². The van der Waals surface area contributed by atoms with Crippen LogP contribution in [0, 0.1) is 0 Å². The molecule has 27 heavy (non-hydrogen) atoms. The number of fused-ring (bicyclic) bond motifs is 3. The van der Waals surface area contributed by atoms with Crippen molar-refractivity contribution in [1.82, 2.24) is 14.7 Å². The molecule has 0 spiro atoms. The number of carbonyl (C=O) groups excluding carboxylic acids is 2. The van der Waals surface area contributed by atoms with Gasteiger partial charge in [0, 0.05) is 25.5 Å². The monoisotopic (exact) mass is 365 g/mol. The van der Waals surface area contributed by atoms with E-state index in [4.69, 9.17) is 4.99 Å². The Kier molecular flexibility index (Phi) is 4.02. The van der Waals surface area contributed by atoms with E-state index in [-0.39, 0.29) is 18.5 Å². The lowest BCUT2D eigenvalue weighted by Gasteiger charge is -2.39. The molecule has 1 aromatic carbocycles. The third kappa shape index (κ3) is 2.38. The van der Waals surface area contributed by atoms with Gasteiger partial charge in [0.1, 0.15) is 0 Å². The van der Waals surface area contributed by atoms with E-state index in [1.165, 1.54) is 15.4 Å². The standard InChI is InChI=1S/C20H23N5O2/c1-5-11-23-18(26)16-17(22(4)20(23)27)21-19-24(16)12-13(3)25(19)15-10-8-7-9-14(15)6-2/h5,7-10,12,16-17H,1,6,11H2,2-4H3. The number of allylic oxidation sites excluding steroid dienone is 1. The first-order valence-electron chi connectivity index (χ1n) is 9.11. The van der Waals surface area contributed by atoms with Gasteiger partial charge in [0.25, 0.3) is 5.91 Å². The summed E-state index contributed by atoms with van der Waals surface area (Å²) in [4.78, 5) is 37.1. The minimum Gasteiger partial charge on any atom is -0.302 e. The Morgan fingerprint density at radius 1 is 1.26 bits per heavy atom. The number of nitrogens with zero attached hydrogens (tertiary/aromatic N) is 5. The Bertz CT molecular complexity index is 890. The van der Waals surface area contributed by atoms with Crippen LogP contribution in [0.4, 0.5) is 10.5 Å². The minimum absolute atomic E-state index is 0.194. The second kappa shape index (κ2) is 6.26. The molecule has 2 atom stereocenters. The van der Waals surface area contributed by atoms with Crippen LogP contribution < -0.4 is 4.90 Å². The average Bonchev–Trinajstić information content (AvgIpc) is 3.18. The van der Waals surface area contributed by atoms with Gasteiger partial charge in [-0.25, -0.2) is 9.79 Å². The Balaban J connectivity index is 1.76. The molecular formula is C20H23N5O2. The zero-order chi connectivity index (χ0) is 19.3. The predicted molar refractivity (Wildman–Crippen MR) is 104 cm³/mol. The molecule has 3 aliphatic rings. The second-order valence-corrected chi connectivity index (χ2v) is 6.91. The molecular weight excluding hydrogens is 342 g/mol. The van der Waals surface area contributed by atoms with Gasteiger partial charge >= 0.3 is 6.03 Å². The number of likely N-dealkylation sites (N-methyl/N-ethyl adjacent to an activating group) is 1. The van der Waals surface area contributed by atoms with Gasteiger partial charge in [0.05, 0.1) is 5.69 Å². The molecule has 0 N–H and O–H groups in total. The van der Waals surface area contributed by atoms with Crippen LogP contribution in [0.2, 0.25) is 0 Å². The van der Waals surface area contributed by atoms with E-state index in [2.05, 4.69) is 30.5 Å². The molecule has 3 heterocycles. The van der Waals surface area contributed by atoms with Crippen LogP contribution in [0.1, 0.15) is 19.4 Å². The Morgan fingerprint density at radius 2 is 2.00 bits per heavy atom. The average molecular weight is 365 g/mol. The molecule has 3 aliphatic heterocycles. The first-order valence-corrected chi connectivity index (χ1v) is 9.11. The third-order valence-corrected chi connectivity index (χ3v) is 5.31. The van der Waals surface area contributed by atoms with Crippen molar-refractivity contribution in [2.45, 2.75) is 32.5 Å². The molecule has 3 amide bonds. The van der Waals surface area contributed by atoms with Crippen molar-refractivity contribution in [2.24, 2.45) is 4.99 Å². The summed E-state index contributed by atoms with van der Waals surface area (Å²) < 4.78 is 0. The Labute approximate surface area is 158 Å². The number of aliphatic imine (C=N–C) groups is 1. The number of rotatable bonds is 4. The summed E-state index contributed by atoms with van der Waals surface area (Å²) in [6.45, 7) is 7.97. The molecule has 7 heteroatoms. The first-order chi connectivity index (χ1) is 13.0. The highest BCUT2D eigenvalue weighted by Gasteiger charge is 2.54. The van der Waals surface area contributed by atoms with E-state index >= 15 is 0 Å². The number of imide groups is 1. The Hall–Kier alpha value is -3.09. The lowest BCUT2D eigenvalue weighted by Crippen LogP contribution is -2.64. The maximum atomic E-state index is 13.0. The summed E-state index contributed by atoms with van der Waals surface area (Å²) in [5, 5.41) is 0. The number of carbonyl (C=O) groups is 2. The predicted octanol–water partition coefficient (Wildman–Crippen LogP) is 2.38. The van der Waals surface area contributed by atoms with Crippen molar-refractivity contribution in [3.05, 3.63) is 54.4 Å². The number of aryl methyl sites for hydroxylation is 1. The summed E-state index contributed by atoms with van der Waals surface area (Å²) in [7, 11) is 1.69. The smallest absolute Gasteiger partial charge is 0.302 e. The molecule has 7 nitrogen and oxygen atoms in total. The summed E-state index contributed by atoms with van der Waals surface area (Å²) >= 11 is 0. The molecule has 1 fully saturated rings. The minimum atomic E-state index is -0.545. The van der Waals surface area contributed by atoms with Gasteiger partial charge in [-0.05, 0) is 25.0 Å². The molecule has 1 aromatic rings. The first kappa shape index (κ1) is 17.3. The Morgan fingerprint density at radius 3 is 2.70 bits per heavy atom. The van der Waals surface area contributed by atoms with Crippen molar-refractivity contribution in [2.75, 3.05) is 18.5 Å². The van der Waals surface area contributed by atoms with Crippen LogP contribution >= 0.6 is 0 Å². The largest absolute Gasteiger partial charge is 0.328 e. The lowest BCUT2D eigenvalue weighted by atomic mass is 10.1. The number of para-hydroxylation sites is 1. The quantitative estimate of drug-likeness (QED) is 0.769. The number of benzene rings is 1. The SMILES string of the molecule is C=CCN1C(=O)C2C(N=C3N(c4ccccc4CC)C(C)=CN32)N(C)C1=O. The third-order valence-electron chi connectivity index (χ3n) is 5.31. The van der Waals surface area contributed by atoms with Crippen LogP contribution in [0.25, 0.3) is 0 Å². The van der Waals surface area contributed by atoms with Gasteiger partial charge in [0.15, 0.2) is 12.2 Å².